The van der Waals surface area contributed by atoms with Crippen molar-refractivity contribution in [3.63, 3.8) is 0 Å². The van der Waals surface area contributed by atoms with Gasteiger partial charge in [-0.3, -0.25) is 9.59 Å². The first-order valence-electron chi connectivity index (χ1n) is 11.7. The third-order valence-corrected chi connectivity index (χ3v) is 7.50. The number of aliphatic carboxylic acids is 2. The first-order chi connectivity index (χ1) is 14.5. The van der Waals surface area contributed by atoms with E-state index in [0.29, 0.717) is 12.3 Å². The molecule has 0 radical (unpaired) electrons. The van der Waals surface area contributed by atoms with Crippen LogP contribution in [0.25, 0.3) is 0 Å². The molecule has 2 aliphatic rings. The van der Waals surface area contributed by atoms with Gasteiger partial charge in [-0.15, -0.1) is 0 Å². The van der Waals surface area contributed by atoms with E-state index in [0.717, 1.165) is 6.42 Å². The fourth-order valence-corrected chi connectivity index (χ4v) is 4.90. The third-order valence-electron chi connectivity index (χ3n) is 7.50. The molecule has 0 aromatic rings. The minimum atomic E-state index is -0.689. The normalized spacial score (nSPS) is 34.2. The molecule has 2 aliphatic carbocycles. The van der Waals surface area contributed by atoms with Gasteiger partial charge in [-0.05, 0) is 86.0 Å². The fraction of sp³-hybridized carbons (Fsp3) is 0.643. The van der Waals surface area contributed by atoms with Gasteiger partial charge in [0.05, 0.1) is 10.8 Å². The summed E-state index contributed by atoms with van der Waals surface area (Å²) in [5.74, 6) is -0.603. The van der Waals surface area contributed by atoms with Gasteiger partial charge in [0.15, 0.2) is 0 Å². The summed E-state index contributed by atoms with van der Waals surface area (Å²) in [7, 11) is 0. The Balaban J connectivity index is 0.000000320. The Labute approximate surface area is 195 Å². The Morgan fingerprint density at radius 2 is 1.34 bits per heavy atom. The van der Waals surface area contributed by atoms with Crippen LogP contribution in [0.1, 0.15) is 82.1 Å². The number of hydrogen-bond acceptors (Lipinski definition) is 2. The molecule has 4 heteroatoms. The standard InChI is InChI=1S/2C14H22O2/c1-9(2)6-12-7-10(3)11(4)14(5,8-12)13(15)16;1-9(2)6-12-7-10(3)11(4)8-14(12,5)13(15)16/h2*6-7,11-12H,8H2,1-5H3,(H,15,16). The van der Waals surface area contributed by atoms with Crippen LogP contribution in [0.15, 0.2) is 46.6 Å². The highest BCUT2D eigenvalue weighted by molar-refractivity contribution is 5.76. The zero-order valence-electron chi connectivity index (χ0n) is 21.7. The summed E-state index contributed by atoms with van der Waals surface area (Å²) in [6.07, 6.45) is 9.99. The molecule has 4 nitrogen and oxygen atoms in total. The lowest BCUT2D eigenvalue weighted by Gasteiger charge is -2.38. The largest absolute Gasteiger partial charge is 0.481 e. The minimum absolute atomic E-state index is 0.0196. The summed E-state index contributed by atoms with van der Waals surface area (Å²) >= 11 is 0. The van der Waals surface area contributed by atoms with Gasteiger partial charge in [-0.2, -0.15) is 0 Å². The Morgan fingerprint density at radius 3 is 1.78 bits per heavy atom. The lowest BCUT2D eigenvalue weighted by molar-refractivity contribution is -0.152. The predicted octanol–water partition coefficient (Wildman–Crippen LogP) is 7.29. The van der Waals surface area contributed by atoms with Gasteiger partial charge in [0.25, 0.3) is 0 Å². The molecule has 0 aromatic carbocycles. The average molecular weight is 445 g/mol. The Hall–Kier alpha value is -2.10. The lowest BCUT2D eigenvalue weighted by atomic mass is 9.65. The minimum Gasteiger partial charge on any atom is -0.481 e. The maximum atomic E-state index is 11.5. The zero-order valence-corrected chi connectivity index (χ0v) is 21.7. The number of carboxylic acids is 2. The smallest absolute Gasteiger partial charge is 0.310 e. The van der Waals surface area contributed by atoms with Crippen LogP contribution in [0.2, 0.25) is 0 Å². The van der Waals surface area contributed by atoms with E-state index in [4.69, 9.17) is 0 Å². The van der Waals surface area contributed by atoms with Gasteiger partial charge in [-0.1, -0.05) is 60.4 Å². The maximum absolute atomic E-state index is 11.5. The van der Waals surface area contributed by atoms with Crippen molar-refractivity contribution in [1.82, 2.24) is 0 Å². The van der Waals surface area contributed by atoms with Crippen LogP contribution in [0, 0.1) is 34.5 Å². The quantitative estimate of drug-likeness (QED) is 0.446. The third kappa shape index (κ3) is 6.46. The van der Waals surface area contributed by atoms with Gasteiger partial charge >= 0.3 is 11.9 Å². The number of carbonyl (C=O) groups is 2. The molecule has 0 heterocycles. The molecule has 6 unspecified atom stereocenters. The molecule has 32 heavy (non-hydrogen) atoms. The van der Waals surface area contributed by atoms with Gasteiger partial charge < -0.3 is 10.2 Å². The molecule has 2 N–H and O–H groups in total. The van der Waals surface area contributed by atoms with Crippen LogP contribution >= 0.6 is 0 Å². The van der Waals surface area contributed by atoms with E-state index in [1.54, 1.807) is 0 Å². The fourth-order valence-electron chi connectivity index (χ4n) is 4.90. The number of hydrogen-bond donors (Lipinski definition) is 2. The summed E-state index contributed by atoms with van der Waals surface area (Å²) in [6, 6.07) is 0. The second kappa shape index (κ2) is 10.7. The highest BCUT2D eigenvalue weighted by Gasteiger charge is 2.44. The molecule has 0 fully saturated rings. The van der Waals surface area contributed by atoms with Crippen LogP contribution in [-0.4, -0.2) is 22.2 Å². The van der Waals surface area contributed by atoms with Gasteiger partial charge in [0.2, 0.25) is 0 Å². The van der Waals surface area contributed by atoms with Crippen molar-refractivity contribution in [2.45, 2.75) is 82.1 Å². The van der Waals surface area contributed by atoms with Crippen molar-refractivity contribution in [2.24, 2.45) is 34.5 Å². The topological polar surface area (TPSA) is 74.6 Å². The summed E-state index contributed by atoms with van der Waals surface area (Å²) < 4.78 is 0. The first kappa shape index (κ1) is 27.9. The van der Waals surface area contributed by atoms with Crippen molar-refractivity contribution in [1.29, 1.82) is 0 Å². The Kier molecular flexibility index (Phi) is 9.32. The van der Waals surface area contributed by atoms with Crippen molar-refractivity contribution in [3.8, 4) is 0 Å². The summed E-state index contributed by atoms with van der Waals surface area (Å²) in [5.41, 5.74) is 3.64. The number of allylic oxidation sites excluding steroid dienone is 8. The van der Waals surface area contributed by atoms with E-state index >= 15 is 0 Å². The monoisotopic (exact) mass is 444 g/mol. The van der Waals surface area contributed by atoms with Crippen molar-refractivity contribution < 1.29 is 19.8 Å². The number of carboxylic acid groups (broad SMARTS) is 2. The van der Waals surface area contributed by atoms with Crippen LogP contribution in [0.4, 0.5) is 0 Å². The van der Waals surface area contributed by atoms with E-state index in [1.807, 2.05) is 41.5 Å². The molecule has 0 aromatic heterocycles. The molecule has 0 saturated heterocycles. The summed E-state index contributed by atoms with van der Waals surface area (Å²) in [6.45, 7) is 20.1. The highest BCUT2D eigenvalue weighted by atomic mass is 16.4. The Morgan fingerprint density at radius 1 is 0.844 bits per heavy atom. The van der Waals surface area contributed by atoms with Gasteiger partial charge in [-0.25, -0.2) is 0 Å². The first-order valence-corrected chi connectivity index (χ1v) is 11.7. The summed E-state index contributed by atoms with van der Waals surface area (Å²) in [5, 5.41) is 18.8. The van der Waals surface area contributed by atoms with E-state index in [2.05, 4.69) is 52.0 Å². The van der Waals surface area contributed by atoms with Crippen molar-refractivity contribution >= 4 is 11.9 Å². The Bertz CT molecular complexity index is 835. The van der Waals surface area contributed by atoms with E-state index < -0.39 is 22.8 Å². The number of rotatable bonds is 4. The highest BCUT2D eigenvalue weighted by Crippen LogP contribution is 2.45. The maximum Gasteiger partial charge on any atom is 0.310 e. The second-order valence-corrected chi connectivity index (χ2v) is 11.0. The van der Waals surface area contributed by atoms with E-state index in [-0.39, 0.29) is 17.8 Å². The lowest BCUT2D eigenvalue weighted by Crippen LogP contribution is -2.39. The summed E-state index contributed by atoms with van der Waals surface area (Å²) in [4.78, 5) is 22.9. The van der Waals surface area contributed by atoms with Gasteiger partial charge in [0.1, 0.15) is 0 Å². The van der Waals surface area contributed by atoms with Crippen LogP contribution in [-0.2, 0) is 9.59 Å². The zero-order chi connectivity index (χ0) is 25.0. The molecule has 0 saturated carbocycles. The molecule has 2 rings (SSSR count). The molecule has 6 atom stereocenters. The predicted molar refractivity (Wildman–Crippen MR) is 132 cm³/mol. The van der Waals surface area contributed by atoms with Gasteiger partial charge in [0, 0.05) is 5.92 Å². The molecular weight excluding hydrogens is 400 g/mol. The van der Waals surface area contributed by atoms with Crippen LogP contribution in [0.3, 0.4) is 0 Å². The van der Waals surface area contributed by atoms with Crippen molar-refractivity contribution in [2.75, 3.05) is 0 Å². The molecule has 0 amide bonds. The van der Waals surface area contributed by atoms with E-state index in [1.165, 1.54) is 22.3 Å². The molecule has 0 bridgehead atoms. The molecular formula is C28H44O4. The van der Waals surface area contributed by atoms with Crippen molar-refractivity contribution in [3.05, 3.63) is 46.6 Å². The van der Waals surface area contributed by atoms with Crippen LogP contribution < -0.4 is 0 Å². The molecule has 180 valence electrons. The molecule has 0 spiro atoms. The SMILES string of the molecule is CC(C)=CC1C=C(C)C(C)C(C)(C(=O)O)C1.CC(C)=CC1C=C(C)C(C)CC1(C)C(=O)O. The second-order valence-electron chi connectivity index (χ2n) is 11.0. The molecule has 0 aliphatic heterocycles. The average Bonchev–Trinajstić information content (AvgIpc) is 2.63. The van der Waals surface area contributed by atoms with Crippen LogP contribution in [0.5, 0.6) is 0 Å². The van der Waals surface area contributed by atoms with E-state index in [9.17, 15) is 19.8 Å².